The standard InChI is InChI=1S/C20H28ClN3O2/c1-20-14-26-13-17(23-8-2-3-9-23)19(20)24(10-7-22-20)18(25)12-15-5-4-6-16(21)11-15/h4-6,11,17,19,22H,2-3,7-10,12-14H2,1H3/t17?,19-,20?/m1/s1. The number of rotatable bonds is 3. The first-order valence-electron chi connectivity index (χ1n) is 9.67. The van der Waals surface area contributed by atoms with Crippen LogP contribution in [-0.4, -0.2) is 72.7 Å². The van der Waals surface area contributed by atoms with Gasteiger partial charge in [-0.3, -0.25) is 9.69 Å². The van der Waals surface area contributed by atoms with Crippen molar-refractivity contribution in [3.05, 3.63) is 34.9 Å². The molecule has 142 valence electrons. The molecule has 0 aromatic heterocycles. The van der Waals surface area contributed by atoms with Crippen molar-refractivity contribution in [2.24, 2.45) is 0 Å². The van der Waals surface area contributed by atoms with Crippen molar-refractivity contribution in [3.63, 3.8) is 0 Å². The van der Waals surface area contributed by atoms with Crippen molar-refractivity contribution in [2.75, 3.05) is 39.4 Å². The van der Waals surface area contributed by atoms with Gasteiger partial charge in [0.15, 0.2) is 0 Å². The van der Waals surface area contributed by atoms with Crippen LogP contribution in [0, 0.1) is 0 Å². The van der Waals surface area contributed by atoms with E-state index in [1.807, 2.05) is 24.3 Å². The largest absolute Gasteiger partial charge is 0.378 e. The van der Waals surface area contributed by atoms with Gasteiger partial charge in [0.25, 0.3) is 0 Å². The Morgan fingerprint density at radius 2 is 2.15 bits per heavy atom. The second-order valence-electron chi connectivity index (χ2n) is 8.01. The third kappa shape index (κ3) is 3.50. The Labute approximate surface area is 160 Å². The van der Waals surface area contributed by atoms with Crippen LogP contribution >= 0.6 is 11.6 Å². The summed E-state index contributed by atoms with van der Waals surface area (Å²) in [7, 11) is 0. The van der Waals surface area contributed by atoms with Crippen LogP contribution in [0.2, 0.25) is 5.02 Å². The van der Waals surface area contributed by atoms with E-state index in [2.05, 4.69) is 22.0 Å². The van der Waals surface area contributed by atoms with Crippen molar-refractivity contribution in [3.8, 4) is 0 Å². The van der Waals surface area contributed by atoms with Gasteiger partial charge in [-0.2, -0.15) is 0 Å². The summed E-state index contributed by atoms with van der Waals surface area (Å²) in [6.45, 7) is 7.35. The van der Waals surface area contributed by atoms with E-state index >= 15 is 0 Å². The van der Waals surface area contributed by atoms with E-state index in [4.69, 9.17) is 16.3 Å². The lowest BCUT2D eigenvalue weighted by atomic mass is 9.81. The second kappa shape index (κ2) is 7.47. The fourth-order valence-corrected chi connectivity index (χ4v) is 5.10. The first-order valence-corrected chi connectivity index (χ1v) is 10.1. The second-order valence-corrected chi connectivity index (χ2v) is 8.44. The van der Waals surface area contributed by atoms with Crippen LogP contribution in [0.5, 0.6) is 0 Å². The van der Waals surface area contributed by atoms with Crippen molar-refractivity contribution < 1.29 is 9.53 Å². The molecule has 3 fully saturated rings. The van der Waals surface area contributed by atoms with E-state index in [0.717, 1.165) is 31.7 Å². The highest BCUT2D eigenvalue weighted by Gasteiger charge is 2.51. The van der Waals surface area contributed by atoms with E-state index in [-0.39, 0.29) is 23.5 Å². The first kappa shape index (κ1) is 18.2. The minimum atomic E-state index is -0.187. The Balaban J connectivity index is 1.57. The Morgan fingerprint density at radius 3 is 2.92 bits per heavy atom. The minimum absolute atomic E-state index is 0.148. The van der Waals surface area contributed by atoms with Gasteiger partial charge in [-0.15, -0.1) is 0 Å². The van der Waals surface area contributed by atoms with E-state index in [9.17, 15) is 4.79 Å². The summed E-state index contributed by atoms with van der Waals surface area (Å²) in [5, 5.41) is 4.32. The number of fused-ring (bicyclic) bond motifs is 1. The monoisotopic (exact) mass is 377 g/mol. The summed E-state index contributed by atoms with van der Waals surface area (Å²) in [5.41, 5.74) is 0.792. The zero-order valence-electron chi connectivity index (χ0n) is 15.4. The highest BCUT2D eigenvalue weighted by atomic mass is 35.5. The minimum Gasteiger partial charge on any atom is -0.378 e. The molecule has 3 atom stereocenters. The maximum absolute atomic E-state index is 13.2. The van der Waals surface area contributed by atoms with Crippen LogP contribution in [-0.2, 0) is 16.0 Å². The molecular formula is C20H28ClN3O2. The first-order chi connectivity index (χ1) is 12.6. The summed E-state index contributed by atoms with van der Waals surface area (Å²) < 4.78 is 5.97. The molecule has 0 radical (unpaired) electrons. The predicted octanol–water partition coefficient (Wildman–Crippen LogP) is 1.94. The van der Waals surface area contributed by atoms with Crippen molar-refractivity contribution in [1.82, 2.24) is 15.1 Å². The highest BCUT2D eigenvalue weighted by Crippen LogP contribution is 2.32. The van der Waals surface area contributed by atoms with Crippen molar-refractivity contribution >= 4 is 17.5 Å². The normalized spacial score (nSPS) is 32.5. The van der Waals surface area contributed by atoms with Crippen LogP contribution in [0.3, 0.4) is 0 Å². The lowest BCUT2D eigenvalue weighted by Gasteiger charge is -2.56. The van der Waals surface area contributed by atoms with E-state index in [1.54, 1.807) is 0 Å². The fraction of sp³-hybridized carbons (Fsp3) is 0.650. The zero-order chi connectivity index (χ0) is 18.1. The average Bonchev–Trinajstić information content (AvgIpc) is 3.14. The Morgan fingerprint density at radius 1 is 1.35 bits per heavy atom. The Kier molecular flexibility index (Phi) is 5.24. The molecule has 26 heavy (non-hydrogen) atoms. The third-order valence-corrected chi connectivity index (χ3v) is 6.33. The number of carbonyl (C=O) groups excluding carboxylic acids is 1. The number of carbonyl (C=O) groups is 1. The molecule has 0 bridgehead atoms. The van der Waals surface area contributed by atoms with Crippen LogP contribution in [0.1, 0.15) is 25.3 Å². The number of hydrogen-bond donors (Lipinski definition) is 1. The Bertz CT molecular complexity index is 660. The molecule has 1 aromatic rings. The van der Waals surface area contributed by atoms with Gasteiger partial charge in [-0.25, -0.2) is 0 Å². The van der Waals surface area contributed by atoms with Crippen LogP contribution in [0.4, 0.5) is 0 Å². The van der Waals surface area contributed by atoms with Gasteiger partial charge < -0.3 is 15.0 Å². The smallest absolute Gasteiger partial charge is 0.227 e. The molecule has 0 saturated carbocycles. The molecule has 1 N–H and O–H groups in total. The molecule has 1 aromatic carbocycles. The molecule has 5 nitrogen and oxygen atoms in total. The highest BCUT2D eigenvalue weighted by molar-refractivity contribution is 6.30. The zero-order valence-corrected chi connectivity index (χ0v) is 16.2. The molecule has 1 amide bonds. The predicted molar refractivity (Wildman–Crippen MR) is 102 cm³/mol. The number of nitrogens with one attached hydrogen (secondary N) is 1. The van der Waals surface area contributed by atoms with Gasteiger partial charge >= 0.3 is 0 Å². The van der Waals surface area contributed by atoms with E-state index in [0.29, 0.717) is 24.7 Å². The van der Waals surface area contributed by atoms with E-state index in [1.165, 1.54) is 12.8 Å². The number of benzene rings is 1. The third-order valence-electron chi connectivity index (χ3n) is 6.10. The molecule has 3 saturated heterocycles. The molecule has 3 aliphatic heterocycles. The molecule has 3 heterocycles. The van der Waals surface area contributed by atoms with Gasteiger partial charge in [-0.05, 0) is 50.6 Å². The number of likely N-dealkylation sites (tertiary alicyclic amines) is 1. The van der Waals surface area contributed by atoms with Gasteiger partial charge in [0, 0.05) is 18.1 Å². The summed E-state index contributed by atoms with van der Waals surface area (Å²) in [6.07, 6.45) is 2.88. The van der Waals surface area contributed by atoms with Crippen molar-refractivity contribution in [1.29, 1.82) is 0 Å². The number of hydrogen-bond acceptors (Lipinski definition) is 4. The summed E-state index contributed by atoms with van der Waals surface area (Å²) in [6, 6.07) is 8.05. The van der Waals surface area contributed by atoms with Gasteiger partial charge in [0.2, 0.25) is 5.91 Å². The number of amides is 1. The van der Waals surface area contributed by atoms with Crippen LogP contribution in [0.25, 0.3) is 0 Å². The fourth-order valence-electron chi connectivity index (χ4n) is 4.88. The lowest BCUT2D eigenvalue weighted by molar-refractivity contribution is -0.150. The summed E-state index contributed by atoms with van der Waals surface area (Å²) in [5.74, 6) is 0.191. The molecule has 0 aliphatic carbocycles. The number of halogens is 1. The Hall–Kier alpha value is -1.14. The molecule has 0 spiro atoms. The summed E-state index contributed by atoms with van der Waals surface area (Å²) in [4.78, 5) is 17.9. The summed E-state index contributed by atoms with van der Waals surface area (Å²) >= 11 is 6.10. The SMILES string of the molecule is CC12COCC(N3CCCC3)[C@H]1N(C(=O)Cc1cccc(Cl)c1)CCN2. The lowest BCUT2D eigenvalue weighted by Crippen LogP contribution is -2.76. The maximum atomic E-state index is 13.2. The van der Waals surface area contributed by atoms with Gasteiger partial charge in [0.1, 0.15) is 0 Å². The topological polar surface area (TPSA) is 44.8 Å². The number of nitrogens with zero attached hydrogens (tertiary/aromatic N) is 2. The molecule has 6 heteroatoms. The van der Waals surface area contributed by atoms with E-state index < -0.39 is 0 Å². The average molecular weight is 378 g/mol. The molecule has 2 unspecified atom stereocenters. The molecule has 3 aliphatic rings. The molecular weight excluding hydrogens is 350 g/mol. The number of piperazine rings is 1. The maximum Gasteiger partial charge on any atom is 0.227 e. The molecule has 4 rings (SSSR count). The van der Waals surface area contributed by atoms with Crippen LogP contribution in [0.15, 0.2) is 24.3 Å². The number of ether oxygens (including phenoxy) is 1. The van der Waals surface area contributed by atoms with Gasteiger partial charge in [0.05, 0.1) is 37.3 Å². The quantitative estimate of drug-likeness (QED) is 0.874. The van der Waals surface area contributed by atoms with Crippen molar-refractivity contribution in [2.45, 2.75) is 43.8 Å². The van der Waals surface area contributed by atoms with Crippen LogP contribution < -0.4 is 5.32 Å². The van der Waals surface area contributed by atoms with Gasteiger partial charge in [-0.1, -0.05) is 23.7 Å².